The summed E-state index contributed by atoms with van der Waals surface area (Å²) >= 11 is 1.19. The van der Waals surface area contributed by atoms with Gasteiger partial charge in [-0.05, 0) is 36.9 Å². The second-order valence-electron chi connectivity index (χ2n) is 6.06. The highest BCUT2D eigenvalue weighted by Crippen LogP contribution is 2.35. The van der Waals surface area contributed by atoms with E-state index in [1.807, 2.05) is 41.8 Å². The normalized spacial score (nSPS) is 11.3. The van der Waals surface area contributed by atoms with E-state index in [1.165, 1.54) is 11.8 Å². The summed E-state index contributed by atoms with van der Waals surface area (Å²) in [7, 11) is 1.60. The van der Waals surface area contributed by atoms with Crippen LogP contribution in [0.5, 0.6) is 5.75 Å². The molecule has 0 aliphatic carbocycles. The standard InChI is InChI=1S/C20H17F2N5OS/c1-3-27-18(13-9-5-7-11-15(13)28-2)25-26-20(27)29-19-12-8-4-6-10-14(12)23-17(24-19)16(21)22/h4-11,16H,3H2,1-2H3. The number of hydrogen-bond acceptors (Lipinski definition) is 6. The molecule has 0 fully saturated rings. The van der Waals surface area contributed by atoms with Gasteiger partial charge in [-0.1, -0.05) is 30.3 Å². The Morgan fingerprint density at radius 2 is 1.79 bits per heavy atom. The van der Waals surface area contributed by atoms with E-state index in [-0.39, 0.29) is 0 Å². The zero-order chi connectivity index (χ0) is 20.4. The lowest BCUT2D eigenvalue weighted by atomic mass is 10.2. The van der Waals surface area contributed by atoms with Crippen LogP contribution >= 0.6 is 11.8 Å². The van der Waals surface area contributed by atoms with Crippen molar-refractivity contribution in [1.29, 1.82) is 0 Å². The summed E-state index contributed by atoms with van der Waals surface area (Å²) in [4.78, 5) is 8.04. The van der Waals surface area contributed by atoms with Gasteiger partial charge >= 0.3 is 0 Å². The molecule has 0 spiro atoms. The van der Waals surface area contributed by atoms with E-state index in [9.17, 15) is 8.78 Å². The minimum atomic E-state index is -2.76. The molecule has 0 aliphatic rings. The van der Waals surface area contributed by atoms with Gasteiger partial charge in [0.05, 0.1) is 18.2 Å². The maximum atomic E-state index is 13.3. The summed E-state index contributed by atoms with van der Waals surface area (Å²) in [6.07, 6.45) is -2.76. The van der Waals surface area contributed by atoms with Gasteiger partial charge in [-0.3, -0.25) is 0 Å². The first kappa shape index (κ1) is 19.3. The number of hydrogen-bond donors (Lipinski definition) is 0. The fourth-order valence-corrected chi connectivity index (χ4v) is 4.01. The summed E-state index contributed by atoms with van der Waals surface area (Å²) in [5.74, 6) is 0.817. The molecular weight excluding hydrogens is 396 g/mol. The van der Waals surface area contributed by atoms with E-state index in [4.69, 9.17) is 4.74 Å². The third kappa shape index (κ3) is 3.65. The molecule has 0 saturated carbocycles. The van der Waals surface area contributed by atoms with Crippen molar-refractivity contribution in [3.05, 3.63) is 54.4 Å². The second kappa shape index (κ2) is 8.12. The maximum absolute atomic E-state index is 13.3. The summed E-state index contributed by atoms with van der Waals surface area (Å²) in [5.41, 5.74) is 1.27. The first-order valence-corrected chi connectivity index (χ1v) is 9.73. The molecule has 0 atom stereocenters. The number of nitrogens with zero attached hydrogens (tertiary/aromatic N) is 5. The Hall–Kier alpha value is -3.07. The van der Waals surface area contributed by atoms with Crippen LogP contribution in [0.2, 0.25) is 0 Å². The number of aromatic nitrogens is 5. The minimum Gasteiger partial charge on any atom is -0.496 e. The Kier molecular flexibility index (Phi) is 5.39. The Morgan fingerprint density at radius 1 is 1.03 bits per heavy atom. The van der Waals surface area contributed by atoms with Gasteiger partial charge in [-0.15, -0.1) is 10.2 Å². The highest BCUT2D eigenvalue weighted by molar-refractivity contribution is 7.99. The zero-order valence-electron chi connectivity index (χ0n) is 15.7. The van der Waals surface area contributed by atoms with Crippen molar-refractivity contribution >= 4 is 22.7 Å². The van der Waals surface area contributed by atoms with Crippen molar-refractivity contribution in [2.45, 2.75) is 30.1 Å². The molecule has 0 saturated heterocycles. The average molecular weight is 413 g/mol. The van der Waals surface area contributed by atoms with Gasteiger partial charge in [0, 0.05) is 11.9 Å². The molecule has 6 nitrogen and oxygen atoms in total. The molecule has 2 aromatic heterocycles. The predicted molar refractivity (Wildman–Crippen MR) is 106 cm³/mol. The van der Waals surface area contributed by atoms with E-state index >= 15 is 0 Å². The van der Waals surface area contributed by atoms with Gasteiger partial charge in [0.2, 0.25) is 0 Å². The van der Waals surface area contributed by atoms with Crippen LogP contribution < -0.4 is 4.74 Å². The van der Waals surface area contributed by atoms with Crippen molar-refractivity contribution in [2.75, 3.05) is 7.11 Å². The summed E-state index contributed by atoms with van der Waals surface area (Å²) in [6.45, 7) is 2.56. The summed E-state index contributed by atoms with van der Waals surface area (Å²) < 4.78 is 33.9. The molecule has 0 unspecified atom stereocenters. The van der Waals surface area contributed by atoms with Gasteiger partial charge in [0.25, 0.3) is 6.43 Å². The fourth-order valence-electron chi connectivity index (χ4n) is 3.00. The smallest absolute Gasteiger partial charge is 0.297 e. The van der Waals surface area contributed by atoms with Gasteiger partial charge in [0.1, 0.15) is 10.8 Å². The predicted octanol–water partition coefficient (Wildman–Crippen LogP) is 5.01. The molecule has 29 heavy (non-hydrogen) atoms. The molecule has 0 aliphatic heterocycles. The van der Waals surface area contributed by atoms with Crippen molar-refractivity contribution in [3.63, 3.8) is 0 Å². The number of rotatable bonds is 6. The van der Waals surface area contributed by atoms with Gasteiger partial charge in [-0.25, -0.2) is 18.7 Å². The number of halogens is 2. The quantitative estimate of drug-likeness (QED) is 0.414. The third-order valence-electron chi connectivity index (χ3n) is 4.35. The van der Waals surface area contributed by atoms with Crippen LogP contribution in [0.4, 0.5) is 8.78 Å². The number of fused-ring (bicyclic) bond motifs is 1. The number of benzene rings is 2. The summed E-state index contributed by atoms with van der Waals surface area (Å²) in [6, 6.07) is 14.6. The van der Waals surface area contributed by atoms with E-state index < -0.39 is 12.2 Å². The summed E-state index contributed by atoms with van der Waals surface area (Å²) in [5, 5.41) is 10.3. The van der Waals surface area contributed by atoms with Crippen molar-refractivity contribution < 1.29 is 13.5 Å². The van der Waals surface area contributed by atoms with E-state index in [2.05, 4.69) is 20.2 Å². The molecular formula is C20H17F2N5OS. The highest BCUT2D eigenvalue weighted by atomic mass is 32.2. The first-order chi connectivity index (χ1) is 14.1. The molecule has 2 heterocycles. The van der Waals surface area contributed by atoms with Crippen LogP contribution in [0.15, 0.2) is 58.7 Å². The Balaban J connectivity index is 1.81. The monoisotopic (exact) mass is 413 g/mol. The minimum absolute atomic E-state index is 0.416. The fraction of sp³-hybridized carbons (Fsp3) is 0.200. The van der Waals surface area contributed by atoms with Gasteiger partial charge < -0.3 is 9.30 Å². The lowest BCUT2D eigenvalue weighted by Crippen LogP contribution is -2.02. The first-order valence-electron chi connectivity index (χ1n) is 8.91. The molecule has 148 valence electrons. The van der Waals surface area contributed by atoms with E-state index in [0.29, 0.717) is 39.2 Å². The lowest BCUT2D eigenvalue weighted by molar-refractivity contribution is 0.140. The Bertz CT molecular complexity index is 1160. The molecule has 4 rings (SSSR count). The zero-order valence-corrected chi connectivity index (χ0v) is 16.5. The molecule has 9 heteroatoms. The molecule has 0 radical (unpaired) electrons. The van der Waals surface area contributed by atoms with Crippen molar-refractivity contribution in [2.24, 2.45) is 0 Å². The SMILES string of the molecule is CCn1c(Sc2nc(C(F)F)nc3ccccc23)nnc1-c1ccccc1OC. The van der Waals surface area contributed by atoms with E-state index in [0.717, 1.165) is 5.56 Å². The molecule has 0 N–H and O–H groups in total. The molecule has 2 aromatic carbocycles. The maximum Gasteiger partial charge on any atom is 0.297 e. The largest absolute Gasteiger partial charge is 0.496 e. The van der Waals surface area contributed by atoms with Crippen LogP contribution in [-0.2, 0) is 6.54 Å². The van der Waals surface area contributed by atoms with Gasteiger partial charge in [0.15, 0.2) is 16.8 Å². The highest BCUT2D eigenvalue weighted by Gasteiger charge is 2.20. The van der Waals surface area contributed by atoms with Gasteiger partial charge in [-0.2, -0.15) is 0 Å². The van der Waals surface area contributed by atoms with Crippen LogP contribution in [0, 0.1) is 0 Å². The topological polar surface area (TPSA) is 65.7 Å². The Labute approximate surface area is 170 Å². The van der Waals surface area contributed by atoms with Crippen LogP contribution in [-0.4, -0.2) is 31.8 Å². The van der Waals surface area contributed by atoms with Crippen LogP contribution in [0.3, 0.4) is 0 Å². The van der Waals surface area contributed by atoms with Crippen molar-refractivity contribution in [1.82, 2.24) is 24.7 Å². The number of alkyl halides is 2. The average Bonchev–Trinajstić information content (AvgIpc) is 3.15. The number of ether oxygens (including phenoxy) is 1. The molecule has 0 bridgehead atoms. The van der Waals surface area contributed by atoms with E-state index in [1.54, 1.807) is 25.3 Å². The molecule has 0 amide bonds. The number of para-hydroxylation sites is 2. The number of methoxy groups -OCH3 is 1. The van der Waals surface area contributed by atoms with Crippen molar-refractivity contribution in [3.8, 4) is 17.1 Å². The third-order valence-corrected chi connectivity index (χ3v) is 5.34. The Morgan fingerprint density at radius 3 is 2.55 bits per heavy atom. The molecule has 4 aromatic rings. The van der Waals surface area contributed by atoms with Crippen LogP contribution in [0.25, 0.3) is 22.3 Å². The lowest BCUT2D eigenvalue weighted by Gasteiger charge is -2.11. The van der Waals surface area contributed by atoms with Crippen LogP contribution in [0.1, 0.15) is 19.2 Å². The second-order valence-corrected chi connectivity index (χ2v) is 7.01.